The summed E-state index contributed by atoms with van der Waals surface area (Å²) in [6.07, 6.45) is 3.97. The van der Waals surface area contributed by atoms with Gasteiger partial charge in [-0.2, -0.15) is 0 Å². The molecule has 0 aromatic rings. The van der Waals surface area contributed by atoms with Gasteiger partial charge in [0.2, 0.25) is 5.91 Å². The normalized spacial score (nSPS) is 23.9. The van der Waals surface area contributed by atoms with Crippen LogP contribution in [0.4, 0.5) is 0 Å². The van der Waals surface area contributed by atoms with E-state index in [1.807, 2.05) is 0 Å². The lowest BCUT2D eigenvalue weighted by Gasteiger charge is -2.20. The molecule has 0 spiro atoms. The number of nitrogens with one attached hydrogen (secondary N) is 2. The van der Waals surface area contributed by atoms with Crippen LogP contribution in [0.1, 0.15) is 39.5 Å². The molecule has 4 heteroatoms. The number of carbonyl (C=O) groups excluding carboxylic acids is 1. The maximum Gasteiger partial charge on any atom is 0.237 e. The quantitative estimate of drug-likeness (QED) is 0.659. The van der Waals surface area contributed by atoms with E-state index in [2.05, 4.69) is 24.5 Å². The Morgan fingerprint density at radius 1 is 1.44 bits per heavy atom. The van der Waals surface area contributed by atoms with Gasteiger partial charge in [0, 0.05) is 6.04 Å². The number of hydrogen-bond donors (Lipinski definition) is 3. The second kappa shape index (κ2) is 6.86. The summed E-state index contributed by atoms with van der Waals surface area (Å²) in [7, 11) is 0. The van der Waals surface area contributed by atoms with Crippen LogP contribution in [0.15, 0.2) is 0 Å². The summed E-state index contributed by atoms with van der Waals surface area (Å²) < 4.78 is 0. The fraction of sp³-hybridized carbons (Fsp3) is 0.917. The van der Waals surface area contributed by atoms with Gasteiger partial charge in [0.1, 0.15) is 0 Å². The number of nitrogens with two attached hydrogens (primary N) is 1. The highest BCUT2D eigenvalue weighted by Gasteiger charge is 2.19. The highest BCUT2D eigenvalue weighted by atomic mass is 16.2. The van der Waals surface area contributed by atoms with Crippen LogP contribution < -0.4 is 16.4 Å². The van der Waals surface area contributed by atoms with E-state index in [0.29, 0.717) is 12.0 Å². The summed E-state index contributed by atoms with van der Waals surface area (Å²) >= 11 is 0. The first-order chi connectivity index (χ1) is 7.59. The molecule has 1 saturated heterocycles. The molecule has 2 atom stereocenters. The second-order valence-electron chi connectivity index (χ2n) is 5.12. The molecule has 0 aromatic heterocycles. The minimum atomic E-state index is -0.351. The fourth-order valence-electron chi connectivity index (χ4n) is 2.09. The average Bonchev–Trinajstić information content (AvgIpc) is 2.45. The molecule has 1 heterocycles. The van der Waals surface area contributed by atoms with Gasteiger partial charge in [0.15, 0.2) is 0 Å². The first kappa shape index (κ1) is 13.5. The predicted octanol–water partition coefficient (Wildman–Crippen LogP) is 0.618. The average molecular weight is 227 g/mol. The van der Waals surface area contributed by atoms with Gasteiger partial charge in [-0.1, -0.05) is 13.8 Å². The van der Waals surface area contributed by atoms with Crippen molar-refractivity contribution in [2.75, 3.05) is 13.1 Å². The molecule has 1 aliphatic heterocycles. The smallest absolute Gasteiger partial charge is 0.237 e. The van der Waals surface area contributed by atoms with Crippen molar-refractivity contribution in [3.8, 4) is 0 Å². The number of amides is 1. The predicted molar refractivity (Wildman–Crippen MR) is 66.1 cm³/mol. The Hall–Kier alpha value is -0.610. The first-order valence-electron chi connectivity index (χ1n) is 6.36. The minimum absolute atomic E-state index is 0.0144. The van der Waals surface area contributed by atoms with Gasteiger partial charge in [-0.15, -0.1) is 0 Å². The second-order valence-corrected chi connectivity index (χ2v) is 5.12. The van der Waals surface area contributed by atoms with Crippen LogP contribution in [0.3, 0.4) is 0 Å². The lowest BCUT2D eigenvalue weighted by molar-refractivity contribution is -0.123. The highest BCUT2D eigenvalue weighted by molar-refractivity contribution is 5.81. The van der Waals surface area contributed by atoms with Crippen molar-refractivity contribution < 1.29 is 4.79 Å². The minimum Gasteiger partial charge on any atom is -0.352 e. The van der Waals surface area contributed by atoms with E-state index in [4.69, 9.17) is 5.73 Å². The van der Waals surface area contributed by atoms with Crippen LogP contribution in [0.5, 0.6) is 0 Å². The molecule has 0 saturated carbocycles. The Labute approximate surface area is 98.3 Å². The van der Waals surface area contributed by atoms with Crippen molar-refractivity contribution in [1.82, 2.24) is 10.6 Å². The summed E-state index contributed by atoms with van der Waals surface area (Å²) in [6, 6.07) is -0.0445. The molecule has 0 aliphatic carbocycles. The Morgan fingerprint density at radius 2 is 2.19 bits per heavy atom. The monoisotopic (exact) mass is 227 g/mol. The van der Waals surface area contributed by atoms with E-state index in [9.17, 15) is 4.79 Å². The van der Waals surface area contributed by atoms with Crippen LogP contribution in [0.25, 0.3) is 0 Å². The van der Waals surface area contributed by atoms with Gasteiger partial charge in [0.05, 0.1) is 6.04 Å². The highest BCUT2D eigenvalue weighted by Crippen LogP contribution is 2.07. The summed E-state index contributed by atoms with van der Waals surface area (Å²) in [5.74, 6) is 0.483. The van der Waals surface area contributed by atoms with Crippen molar-refractivity contribution in [3.63, 3.8) is 0 Å². The van der Waals surface area contributed by atoms with Gasteiger partial charge < -0.3 is 16.4 Å². The zero-order valence-corrected chi connectivity index (χ0v) is 10.5. The largest absolute Gasteiger partial charge is 0.352 e. The molecule has 1 fully saturated rings. The molecular formula is C12H25N3O. The summed E-state index contributed by atoms with van der Waals surface area (Å²) in [5.41, 5.74) is 5.85. The fourth-order valence-corrected chi connectivity index (χ4v) is 2.09. The van der Waals surface area contributed by atoms with Crippen LogP contribution in [-0.4, -0.2) is 31.1 Å². The van der Waals surface area contributed by atoms with Crippen LogP contribution >= 0.6 is 0 Å². The molecule has 1 amide bonds. The number of carbonyl (C=O) groups is 1. The zero-order valence-electron chi connectivity index (χ0n) is 10.5. The van der Waals surface area contributed by atoms with Crippen molar-refractivity contribution in [2.24, 2.45) is 11.7 Å². The Balaban J connectivity index is 2.31. The molecular weight excluding hydrogens is 202 g/mol. The van der Waals surface area contributed by atoms with Gasteiger partial charge in [0.25, 0.3) is 0 Å². The standard InChI is InChI=1S/C12H25N3O/c1-9(2)8-11(13)12(16)15-10-4-3-6-14-7-5-10/h9-11,14H,3-8,13H2,1-2H3,(H,15,16)/t10?,11-/m0/s1. The molecule has 4 N–H and O–H groups in total. The van der Waals surface area contributed by atoms with Crippen LogP contribution in [0, 0.1) is 5.92 Å². The van der Waals surface area contributed by atoms with Gasteiger partial charge in [-0.05, 0) is 44.7 Å². The topological polar surface area (TPSA) is 67.2 Å². The van der Waals surface area contributed by atoms with Gasteiger partial charge in [-0.3, -0.25) is 4.79 Å². The molecule has 0 aromatic carbocycles. The Kier molecular flexibility index (Phi) is 5.77. The molecule has 1 unspecified atom stereocenters. The Morgan fingerprint density at radius 3 is 2.88 bits per heavy atom. The van der Waals surface area contributed by atoms with Crippen molar-refractivity contribution in [2.45, 2.75) is 51.6 Å². The number of hydrogen-bond acceptors (Lipinski definition) is 3. The number of rotatable bonds is 4. The van der Waals surface area contributed by atoms with Gasteiger partial charge in [-0.25, -0.2) is 0 Å². The summed E-state index contributed by atoms with van der Waals surface area (Å²) in [5, 5.41) is 6.39. The van der Waals surface area contributed by atoms with Gasteiger partial charge >= 0.3 is 0 Å². The van der Waals surface area contributed by atoms with E-state index in [0.717, 1.165) is 38.8 Å². The van der Waals surface area contributed by atoms with Crippen molar-refractivity contribution >= 4 is 5.91 Å². The molecule has 4 nitrogen and oxygen atoms in total. The summed E-state index contributed by atoms with van der Waals surface area (Å²) in [6.45, 7) is 6.22. The SMILES string of the molecule is CC(C)C[C@H](N)C(=O)NC1CCCNCC1. The molecule has 0 bridgehead atoms. The van der Waals surface area contributed by atoms with Crippen molar-refractivity contribution in [1.29, 1.82) is 0 Å². The third-order valence-corrected chi connectivity index (χ3v) is 2.98. The van der Waals surface area contributed by atoms with E-state index in [1.54, 1.807) is 0 Å². The van der Waals surface area contributed by atoms with E-state index in [1.165, 1.54) is 0 Å². The third kappa shape index (κ3) is 4.94. The molecule has 0 radical (unpaired) electrons. The first-order valence-corrected chi connectivity index (χ1v) is 6.36. The lowest BCUT2D eigenvalue weighted by atomic mass is 10.0. The van der Waals surface area contributed by atoms with Crippen LogP contribution in [0.2, 0.25) is 0 Å². The Bertz CT molecular complexity index is 210. The molecule has 94 valence electrons. The van der Waals surface area contributed by atoms with E-state index in [-0.39, 0.29) is 11.9 Å². The lowest BCUT2D eigenvalue weighted by Crippen LogP contribution is -2.46. The maximum atomic E-state index is 11.8. The maximum absolute atomic E-state index is 11.8. The zero-order chi connectivity index (χ0) is 12.0. The third-order valence-electron chi connectivity index (χ3n) is 2.98. The van der Waals surface area contributed by atoms with Crippen LogP contribution in [-0.2, 0) is 4.79 Å². The summed E-state index contributed by atoms with van der Waals surface area (Å²) in [4.78, 5) is 11.8. The molecule has 1 aliphatic rings. The molecule has 16 heavy (non-hydrogen) atoms. The van der Waals surface area contributed by atoms with E-state index < -0.39 is 0 Å². The van der Waals surface area contributed by atoms with Crippen molar-refractivity contribution in [3.05, 3.63) is 0 Å². The van der Waals surface area contributed by atoms with E-state index >= 15 is 0 Å². The molecule has 1 rings (SSSR count).